The van der Waals surface area contributed by atoms with Gasteiger partial charge in [0.25, 0.3) is 0 Å². The molecule has 0 aliphatic heterocycles. The molecule has 1 aliphatic rings. The molecule has 1 N–H and O–H groups in total. The monoisotopic (exact) mass is 636 g/mol. The number of esters is 1. The van der Waals surface area contributed by atoms with E-state index in [0.717, 1.165) is 16.9 Å². The quantitative estimate of drug-likeness (QED) is 0.244. The fraction of sp³-hybridized carbons (Fsp3) is 0.471. The van der Waals surface area contributed by atoms with E-state index in [2.05, 4.69) is 28.8 Å². The zero-order valence-electron chi connectivity index (χ0n) is 27.2. The molecule has 1 aromatic carbocycles. The van der Waals surface area contributed by atoms with Gasteiger partial charge in [0.1, 0.15) is 28.5 Å². The topological polar surface area (TPSA) is 128 Å². The van der Waals surface area contributed by atoms with Gasteiger partial charge >= 0.3 is 12.1 Å². The second kappa shape index (κ2) is 13.3. The minimum absolute atomic E-state index is 0.0143. The van der Waals surface area contributed by atoms with Crippen LogP contribution in [0.25, 0.3) is 0 Å². The van der Waals surface area contributed by atoms with Crippen LogP contribution in [-0.2, 0) is 36.1 Å². The molecule has 0 bridgehead atoms. The summed E-state index contributed by atoms with van der Waals surface area (Å²) in [5.41, 5.74) is 1.19. The standard InChI is InChI=1S/C34H44N4O6S/c1-8-34(18-19-34)25-16-14-24(15-17-25)21-28(37-45(41,42)26-11-10-20-35-22-26)27-12-9-13-29(36-27)38(31(40)44-33(5,6)7)23-30(39)43-32(2,3)4/h9-17,20,22,28,37H,8,18-19,21,23H2,1-7H3. The lowest BCUT2D eigenvalue weighted by Crippen LogP contribution is -2.42. The largest absolute Gasteiger partial charge is 0.459 e. The minimum Gasteiger partial charge on any atom is -0.459 e. The first-order chi connectivity index (χ1) is 21.0. The van der Waals surface area contributed by atoms with Crippen molar-refractivity contribution in [1.82, 2.24) is 14.7 Å². The van der Waals surface area contributed by atoms with Crippen LogP contribution in [0, 0.1) is 0 Å². The average molecular weight is 637 g/mol. The molecule has 0 saturated heterocycles. The first kappa shape index (κ1) is 34.1. The molecule has 2 heterocycles. The molecule has 2 aromatic heterocycles. The summed E-state index contributed by atoms with van der Waals surface area (Å²) in [5.74, 6) is -0.526. The molecule has 0 radical (unpaired) electrons. The highest BCUT2D eigenvalue weighted by Gasteiger charge is 2.42. The van der Waals surface area contributed by atoms with E-state index in [9.17, 15) is 18.0 Å². The van der Waals surface area contributed by atoms with Gasteiger partial charge in [0.05, 0.1) is 11.7 Å². The van der Waals surface area contributed by atoms with Crippen molar-refractivity contribution in [2.75, 3.05) is 11.4 Å². The number of carbonyl (C=O) groups excluding carboxylic acids is 2. The number of ether oxygens (including phenoxy) is 2. The van der Waals surface area contributed by atoms with Gasteiger partial charge in [-0.1, -0.05) is 37.3 Å². The van der Waals surface area contributed by atoms with E-state index >= 15 is 0 Å². The number of carbonyl (C=O) groups is 2. The first-order valence-corrected chi connectivity index (χ1v) is 16.7. The Bertz CT molecular complexity index is 1590. The Morgan fingerprint density at radius 1 is 0.956 bits per heavy atom. The fourth-order valence-electron chi connectivity index (χ4n) is 5.04. The summed E-state index contributed by atoms with van der Waals surface area (Å²) in [6.07, 6.45) is 5.70. The maximum atomic E-state index is 13.5. The van der Waals surface area contributed by atoms with Gasteiger partial charge in [-0.25, -0.2) is 22.9 Å². The van der Waals surface area contributed by atoms with Crippen LogP contribution in [0.3, 0.4) is 0 Å². The molecule has 4 rings (SSSR count). The minimum atomic E-state index is -4.00. The van der Waals surface area contributed by atoms with Crippen LogP contribution in [0.15, 0.2) is 71.9 Å². The normalized spacial score (nSPS) is 15.2. The Balaban J connectivity index is 1.70. The highest BCUT2D eigenvalue weighted by atomic mass is 32.2. The highest BCUT2D eigenvalue weighted by Crippen LogP contribution is 2.50. The predicted octanol–water partition coefficient (Wildman–Crippen LogP) is 6.26. The Morgan fingerprint density at radius 3 is 2.18 bits per heavy atom. The van der Waals surface area contributed by atoms with Crippen LogP contribution in [0.4, 0.5) is 10.6 Å². The highest BCUT2D eigenvalue weighted by molar-refractivity contribution is 7.89. The van der Waals surface area contributed by atoms with Gasteiger partial charge in [-0.3, -0.25) is 14.7 Å². The summed E-state index contributed by atoms with van der Waals surface area (Å²) in [5, 5.41) is 0. The third kappa shape index (κ3) is 9.34. The lowest BCUT2D eigenvalue weighted by molar-refractivity contribution is -0.153. The summed E-state index contributed by atoms with van der Waals surface area (Å²) in [7, 11) is -4.00. The Labute approximate surface area is 266 Å². The molecule has 3 aromatic rings. The summed E-state index contributed by atoms with van der Waals surface area (Å²) < 4.78 is 40.8. The molecule has 45 heavy (non-hydrogen) atoms. The zero-order valence-corrected chi connectivity index (χ0v) is 28.0. The first-order valence-electron chi connectivity index (χ1n) is 15.2. The molecule has 11 heteroatoms. The number of pyridine rings is 2. The van der Waals surface area contributed by atoms with E-state index in [1.54, 1.807) is 65.8 Å². The van der Waals surface area contributed by atoms with Crippen molar-refractivity contribution in [3.8, 4) is 0 Å². The van der Waals surface area contributed by atoms with E-state index in [4.69, 9.17) is 14.5 Å². The van der Waals surface area contributed by atoms with E-state index in [1.165, 1.54) is 36.9 Å². The SMILES string of the molecule is CCC1(c2ccc(CC(NS(=O)(=O)c3cccnc3)c3cccc(N(CC(=O)OC(C)(C)C)C(=O)OC(C)(C)C)n3)cc2)CC1. The predicted molar refractivity (Wildman–Crippen MR) is 172 cm³/mol. The van der Waals surface area contributed by atoms with Gasteiger partial charge in [-0.15, -0.1) is 0 Å². The number of nitrogens with zero attached hydrogens (tertiary/aromatic N) is 3. The van der Waals surface area contributed by atoms with Crippen LogP contribution in [-0.4, -0.2) is 48.2 Å². The van der Waals surface area contributed by atoms with Crippen molar-refractivity contribution in [1.29, 1.82) is 0 Å². The van der Waals surface area contributed by atoms with Gasteiger partial charge in [0.15, 0.2) is 0 Å². The summed E-state index contributed by atoms with van der Waals surface area (Å²) in [6.45, 7) is 12.1. The molecule has 1 fully saturated rings. The molecule has 0 spiro atoms. The third-order valence-corrected chi connectivity index (χ3v) is 8.95. The number of rotatable bonds is 11. The van der Waals surface area contributed by atoms with Crippen LogP contribution < -0.4 is 9.62 Å². The molecule has 1 unspecified atom stereocenters. The second-order valence-corrected chi connectivity index (χ2v) is 15.2. The van der Waals surface area contributed by atoms with Crippen LogP contribution in [0.2, 0.25) is 0 Å². The Kier molecular flexibility index (Phi) is 10.0. The third-order valence-electron chi connectivity index (χ3n) is 7.49. The number of amides is 1. The molecule has 242 valence electrons. The number of hydrogen-bond donors (Lipinski definition) is 1. The Morgan fingerprint density at radius 2 is 1.62 bits per heavy atom. The number of aromatic nitrogens is 2. The Hall–Kier alpha value is -3.83. The van der Waals surface area contributed by atoms with Gasteiger partial charge in [0.2, 0.25) is 10.0 Å². The molecule has 1 aliphatic carbocycles. The number of sulfonamides is 1. The van der Waals surface area contributed by atoms with Gasteiger partial charge in [-0.2, -0.15) is 0 Å². The lowest BCUT2D eigenvalue weighted by atomic mass is 9.91. The van der Waals surface area contributed by atoms with Crippen molar-refractivity contribution >= 4 is 27.9 Å². The lowest BCUT2D eigenvalue weighted by Gasteiger charge is -2.28. The molecule has 1 amide bonds. The number of nitrogens with one attached hydrogen (secondary N) is 1. The summed E-state index contributed by atoms with van der Waals surface area (Å²) in [6, 6.07) is 15.4. The van der Waals surface area contributed by atoms with E-state index < -0.39 is 45.9 Å². The van der Waals surface area contributed by atoms with Crippen LogP contribution >= 0.6 is 0 Å². The molecule has 10 nitrogen and oxygen atoms in total. The summed E-state index contributed by atoms with van der Waals surface area (Å²) >= 11 is 0. The maximum Gasteiger partial charge on any atom is 0.416 e. The van der Waals surface area contributed by atoms with Crippen molar-refractivity contribution in [3.63, 3.8) is 0 Å². The second-order valence-electron chi connectivity index (χ2n) is 13.5. The number of benzene rings is 1. The van der Waals surface area contributed by atoms with E-state index in [0.29, 0.717) is 5.69 Å². The van der Waals surface area contributed by atoms with Crippen LogP contribution in [0.1, 0.15) is 90.6 Å². The van der Waals surface area contributed by atoms with Crippen molar-refractivity contribution in [3.05, 3.63) is 83.8 Å². The van der Waals surface area contributed by atoms with Gasteiger partial charge < -0.3 is 9.47 Å². The molecule has 1 saturated carbocycles. The fourth-order valence-corrected chi connectivity index (χ4v) is 6.21. The average Bonchev–Trinajstić information content (AvgIpc) is 3.76. The zero-order chi connectivity index (χ0) is 33.0. The summed E-state index contributed by atoms with van der Waals surface area (Å²) in [4.78, 5) is 36.0. The van der Waals surface area contributed by atoms with Gasteiger partial charge in [0, 0.05) is 12.4 Å². The number of anilines is 1. The van der Waals surface area contributed by atoms with Crippen molar-refractivity contribution in [2.24, 2.45) is 0 Å². The van der Waals surface area contributed by atoms with Crippen molar-refractivity contribution in [2.45, 2.75) is 102 Å². The molecular formula is C34H44N4O6S. The molecular weight excluding hydrogens is 592 g/mol. The smallest absolute Gasteiger partial charge is 0.416 e. The van der Waals surface area contributed by atoms with E-state index in [1.807, 2.05) is 12.1 Å². The van der Waals surface area contributed by atoms with Crippen LogP contribution in [0.5, 0.6) is 0 Å². The molecule has 1 atom stereocenters. The maximum absolute atomic E-state index is 13.5. The van der Waals surface area contributed by atoms with E-state index in [-0.39, 0.29) is 22.5 Å². The van der Waals surface area contributed by atoms with Gasteiger partial charge in [-0.05, 0) is 108 Å². The number of hydrogen-bond acceptors (Lipinski definition) is 8. The van der Waals surface area contributed by atoms with Crippen molar-refractivity contribution < 1.29 is 27.5 Å².